The number of nitrogens with two attached hydrogens (primary N) is 1. The minimum absolute atomic E-state index is 0.118. The van der Waals surface area contributed by atoms with E-state index in [0.29, 0.717) is 0 Å². The van der Waals surface area contributed by atoms with Crippen LogP contribution in [0.3, 0.4) is 0 Å². The van der Waals surface area contributed by atoms with Gasteiger partial charge in [0.15, 0.2) is 0 Å². The third-order valence-corrected chi connectivity index (χ3v) is 2.33. The zero-order valence-corrected chi connectivity index (χ0v) is 8.96. The molecule has 1 atom stereocenters. The molecule has 1 aromatic rings. The Morgan fingerprint density at radius 2 is 2.20 bits per heavy atom. The lowest BCUT2D eigenvalue weighted by molar-refractivity contribution is 0.597. The van der Waals surface area contributed by atoms with E-state index in [9.17, 15) is 4.39 Å². The molecule has 0 spiro atoms. The summed E-state index contributed by atoms with van der Waals surface area (Å²) in [6, 6.07) is 4.79. The maximum atomic E-state index is 13.1. The smallest absolute Gasteiger partial charge is 0.123 e. The van der Waals surface area contributed by atoms with Gasteiger partial charge in [0.1, 0.15) is 5.82 Å². The van der Waals surface area contributed by atoms with Crippen molar-refractivity contribution in [2.24, 2.45) is 5.73 Å². The van der Waals surface area contributed by atoms with Crippen molar-refractivity contribution in [2.75, 3.05) is 0 Å². The largest absolute Gasteiger partial charge is 0.324 e. The van der Waals surface area contributed by atoms with Crippen LogP contribution in [0.15, 0.2) is 18.2 Å². The van der Waals surface area contributed by atoms with Crippen molar-refractivity contribution in [3.8, 4) is 12.3 Å². The van der Waals surface area contributed by atoms with Gasteiger partial charge in [0, 0.05) is 12.5 Å². The molecule has 0 aliphatic carbocycles. The van der Waals surface area contributed by atoms with Gasteiger partial charge in [-0.3, -0.25) is 0 Å². The van der Waals surface area contributed by atoms with E-state index in [-0.39, 0.29) is 11.9 Å². The van der Waals surface area contributed by atoms with Crippen LogP contribution in [0, 0.1) is 25.1 Å². The molecule has 15 heavy (non-hydrogen) atoms. The quantitative estimate of drug-likeness (QED) is 0.593. The van der Waals surface area contributed by atoms with Gasteiger partial charge in [-0.1, -0.05) is 6.07 Å². The van der Waals surface area contributed by atoms with E-state index in [1.54, 1.807) is 0 Å². The molecule has 0 aliphatic heterocycles. The molecular formula is C13H16FN. The standard InChI is InChI=1S/C13H16FN/c1-3-4-5-6-13(15)11-7-10(2)8-12(14)9-11/h1,7-9,13H,4-6,15H2,2H3. The van der Waals surface area contributed by atoms with Crippen LogP contribution >= 0.6 is 0 Å². The summed E-state index contributed by atoms with van der Waals surface area (Å²) in [5, 5.41) is 0. The van der Waals surface area contributed by atoms with Crippen molar-refractivity contribution in [3.63, 3.8) is 0 Å². The third kappa shape index (κ3) is 3.73. The fourth-order valence-electron chi connectivity index (χ4n) is 1.57. The lowest BCUT2D eigenvalue weighted by atomic mass is 10.00. The molecule has 0 aromatic heterocycles. The average molecular weight is 205 g/mol. The van der Waals surface area contributed by atoms with Gasteiger partial charge in [-0.05, 0) is 43.0 Å². The molecule has 1 aromatic carbocycles. The zero-order chi connectivity index (χ0) is 11.3. The number of hydrogen-bond acceptors (Lipinski definition) is 1. The van der Waals surface area contributed by atoms with Gasteiger partial charge in [0.05, 0.1) is 0 Å². The summed E-state index contributed by atoms with van der Waals surface area (Å²) in [5.41, 5.74) is 7.69. The highest BCUT2D eigenvalue weighted by Gasteiger charge is 2.07. The van der Waals surface area contributed by atoms with Gasteiger partial charge in [-0.25, -0.2) is 4.39 Å². The third-order valence-electron chi connectivity index (χ3n) is 2.33. The molecule has 2 N–H and O–H groups in total. The summed E-state index contributed by atoms with van der Waals surface area (Å²) in [7, 11) is 0. The molecule has 1 rings (SSSR count). The summed E-state index contributed by atoms with van der Waals surface area (Å²) in [6.45, 7) is 1.86. The second kappa shape index (κ2) is 5.53. The Morgan fingerprint density at radius 3 is 2.80 bits per heavy atom. The normalized spacial score (nSPS) is 12.1. The molecule has 0 bridgehead atoms. The summed E-state index contributed by atoms with van der Waals surface area (Å²) < 4.78 is 13.1. The van der Waals surface area contributed by atoms with Crippen molar-refractivity contribution >= 4 is 0 Å². The first-order chi connectivity index (χ1) is 7.13. The Morgan fingerprint density at radius 1 is 1.47 bits per heavy atom. The van der Waals surface area contributed by atoms with Crippen LogP contribution in [-0.2, 0) is 0 Å². The Hall–Kier alpha value is -1.33. The summed E-state index contributed by atoms with van der Waals surface area (Å²) in [6.07, 6.45) is 7.56. The van der Waals surface area contributed by atoms with E-state index in [2.05, 4.69) is 5.92 Å². The Labute approximate surface area is 90.5 Å². The van der Waals surface area contributed by atoms with Crippen molar-refractivity contribution in [3.05, 3.63) is 35.1 Å². The number of hydrogen-bond donors (Lipinski definition) is 1. The van der Waals surface area contributed by atoms with E-state index in [0.717, 1.165) is 30.4 Å². The van der Waals surface area contributed by atoms with E-state index < -0.39 is 0 Å². The maximum Gasteiger partial charge on any atom is 0.123 e. The van der Waals surface area contributed by atoms with Crippen LogP contribution in [0.2, 0.25) is 0 Å². The molecule has 0 saturated carbocycles. The first kappa shape index (κ1) is 11.7. The molecular weight excluding hydrogens is 189 g/mol. The van der Waals surface area contributed by atoms with Crippen molar-refractivity contribution in [2.45, 2.75) is 32.2 Å². The van der Waals surface area contributed by atoms with Crippen LogP contribution in [-0.4, -0.2) is 0 Å². The number of terminal acetylenes is 1. The van der Waals surface area contributed by atoms with Gasteiger partial charge in [-0.2, -0.15) is 0 Å². The predicted octanol–water partition coefficient (Wildman–Crippen LogP) is 2.94. The first-order valence-electron chi connectivity index (χ1n) is 5.09. The van der Waals surface area contributed by atoms with Crippen molar-refractivity contribution in [1.29, 1.82) is 0 Å². The highest BCUT2D eigenvalue weighted by atomic mass is 19.1. The summed E-state index contributed by atoms with van der Waals surface area (Å²) in [4.78, 5) is 0. The molecule has 0 aliphatic rings. The fraction of sp³-hybridized carbons (Fsp3) is 0.385. The van der Waals surface area contributed by atoms with Crippen LogP contribution < -0.4 is 5.73 Å². The molecule has 0 fully saturated rings. The molecule has 1 unspecified atom stereocenters. The van der Waals surface area contributed by atoms with Gasteiger partial charge in [0.25, 0.3) is 0 Å². The second-order valence-electron chi connectivity index (χ2n) is 3.76. The Balaban J connectivity index is 2.65. The minimum Gasteiger partial charge on any atom is -0.324 e. The zero-order valence-electron chi connectivity index (χ0n) is 8.96. The predicted molar refractivity (Wildman–Crippen MR) is 60.7 cm³/mol. The summed E-state index contributed by atoms with van der Waals surface area (Å²) in [5.74, 6) is 2.34. The number of aryl methyl sites for hydroxylation is 1. The lowest BCUT2D eigenvalue weighted by Crippen LogP contribution is -2.10. The maximum absolute atomic E-state index is 13.1. The first-order valence-corrected chi connectivity index (χ1v) is 5.09. The van der Waals surface area contributed by atoms with Crippen LogP contribution in [0.5, 0.6) is 0 Å². The van der Waals surface area contributed by atoms with Crippen LogP contribution in [0.25, 0.3) is 0 Å². The highest BCUT2D eigenvalue weighted by molar-refractivity contribution is 5.25. The second-order valence-corrected chi connectivity index (χ2v) is 3.76. The van der Waals surface area contributed by atoms with Gasteiger partial charge >= 0.3 is 0 Å². The van der Waals surface area contributed by atoms with E-state index in [4.69, 9.17) is 12.2 Å². The fourth-order valence-corrected chi connectivity index (χ4v) is 1.57. The van der Waals surface area contributed by atoms with E-state index in [1.807, 2.05) is 13.0 Å². The van der Waals surface area contributed by atoms with Crippen molar-refractivity contribution in [1.82, 2.24) is 0 Å². The average Bonchev–Trinajstić information content (AvgIpc) is 2.16. The van der Waals surface area contributed by atoms with Crippen molar-refractivity contribution < 1.29 is 4.39 Å². The van der Waals surface area contributed by atoms with Crippen LogP contribution in [0.4, 0.5) is 4.39 Å². The molecule has 0 radical (unpaired) electrons. The Kier molecular flexibility index (Phi) is 4.33. The number of halogens is 1. The Bertz CT molecular complexity index is 345. The molecule has 80 valence electrons. The van der Waals surface area contributed by atoms with Gasteiger partial charge in [-0.15, -0.1) is 12.3 Å². The molecule has 0 amide bonds. The molecule has 0 heterocycles. The topological polar surface area (TPSA) is 26.0 Å². The summed E-state index contributed by atoms with van der Waals surface area (Å²) >= 11 is 0. The number of benzene rings is 1. The number of rotatable bonds is 4. The van der Waals surface area contributed by atoms with Gasteiger partial charge in [0.2, 0.25) is 0 Å². The molecule has 0 saturated heterocycles. The van der Waals surface area contributed by atoms with E-state index >= 15 is 0 Å². The lowest BCUT2D eigenvalue weighted by Gasteiger charge is -2.12. The minimum atomic E-state index is -0.225. The highest BCUT2D eigenvalue weighted by Crippen LogP contribution is 2.19. The van der Waals surface area contributed by atoms with Gasteiger partial charge < -0.3 is 5.73 Å². The molecule has 1 nitrogen and oxygen atoms in total. The SMILES string of the molecule is C#CCCCC(N)c1cc(C)cc(F)c1. The number of unbranched alkanes of at least 4 members (excludes halogenated alkanes) is 1. The monoisotopic (exact) mass is 205 g/mol. The molecule has 2 heteroatoms. The van der Waals surface area contributed by atoms with Crippen LogP contribution in [0.1, 0.15) is 36.4 Å². The van der Waals surface area contributed by atoms with E-state index in [1.165, 1.54) is 12.1 Å².